The van der Waals surface area contributed by atoms with Crippen molar-refractivity contribution in [3.05, 3.63) is 48.4 Å². The summed E-state index contributed by atoms with van der Waals surface area (Å²) in [6, 6.07) is 7.21. The van der Waals surface area contributed by atoms with E-state index >= 15 is 0 Å². The topological polar surface area (TPSA) is 62.5 Å². The van der Waals surface area contributed by atoms with Crippen molar-refractivity contribution in [2.45, 2.75) is 12.8 Å². The van der Waals surface area contributed by atoms with Crippen LogP contribution in [0.15, 0.2) is 42.9 Å². The zero-order valence-corrected chi connectivity index (χ0v) is 11.9. The summed E-state index contributed by atoms with van der Waals surface area (Å²) in [4.78, 5) is 8.08. The summed E-state index contributed by atoms with van der Waals surface area (Å²) in [6.07, 6.45) is 0.223. The van der Waals surface area contributed by atoms with Crippen molar-refractivity contribution in [3.8, 4) is 11.3 Å². The van der Waals surface area contributed by atoms with Crippen molar-refractivity contribution >= 4 is 11.5 Å². The van der Waals surface area contributed by atoms with Crippen LogP contribution in [0.25, 0.3) is 16.9 Å². The molecule has 0 aliphatic rings. The number of nitrogens with zero attached hydrogens (tertiary/aromatic N) is 3. The van der Waals surface area contributed by atoms with Crippen molar-refractivity contribution in [2.75, 3.05) is 11.9 Å². The second kappa shape index (κ2) is 5.88. The average Bonchev–Trinajstić information content (AvgIpc) is 2.96. The minimum absolute atomic E-state index is 0.0533. The highest BCUT2D eigenvalue weighted by atomic mass is 19.4. The zero-order chi connectivity index (χ0) is 16.4. The van der Waals surface area contributed by atoms with Crippen LogP contribution in [0.2, 0.25) is 0 Å². The molecule has 1 aromatic carbocycles. The van der Waals surface area contributed by atoms with Gasteiger partial charge in [0.15, 0.2) is 11.5 Å². The molecule has 2 N–H and O–H groups in total. The minimum atomic E-state index is -4.34. The summed E-state index contributed by atoms with van der Waals surface area (Å²) < 4.78 is 38.7. The molecule has 3 rings (SSSR count). The molecule has 0 spiro atoms. The number of anilines is 1. The maximum absolute atomic E-state index is 12.4. The van der Waals surface area contributed by atoms with E-state index in [1.807, 2.05) is 12.1 Å². The van der Waals surface area contributed by atoms with Gasteiger partial charge in [0.05, 0.1) is 18.5 Å². The Hall–Kier alpha value is -2.61. The number of nitrogens with one attached hydrogen (secondary N) is 1. The van der Waals surface area contributed by atoms with Gasteiger partial charge in [-0.1, -0.05) is 24.3 Å². The third kappa shape index (κ3) is 3.11. The van der Waals surface area contributed by atoms with E-state index in [0.29, 0.717) is 16.9 Å². The van der Waals surface area contributed by atoms with E-state index in [0.717, 1.165) is 5.56 Å². The first kappa shape index (κ1) is 15.3. The van der Waals surface area contributed by atoms with Crippen molar-refractivity contribution in [1.82, 2.24) is 14.4 Å². The lowest BCUT2D eigenvalue weighted by molar-refractivity contribution is -0.115. The molecule has 2 aromatic heterocycles. The van der Waals surface area contributed by atoms with Gasteiger partial charge in [0, 0.05) is 18.0 Å². The van der Waals surface area contributed by atoms with E-state index in [1.165, 1.54) is 6.20 Å². The molecule has 0 radical (unpaired) electrons. The molecule has 0 saturated heterocycles. The first-order valence-electron chi connectivity index (χ1n) is 6.81. The fourth-order valence-corrected chi connectivity index (χ4v) is 2.34. The molecule has 0 aliphatic heterocycles. The Balaban J connectivity index is 2.05. The van der Waals surface area contributed by atoms with Gasteiger partial charge < -0.3 is 10.4 Å². The van der Waals surface area contributed by atoms with Crippen molar-refractivity contribution in [1.29, 1.82) is 0 Å². The molecule has 0 unspecified atom stereocenters. The number of hydrogen-bond donors (Lipinski definition) is 2. The van der Waals surface area contributed by atoms with Gasteiger partial charge in [0.25, 0.3) is 0 Å². The Labute approximate surface area is 129 Å². The summed E-state index contributed by atoms with van der Waals surface area (Å²) in [5.74, 6) is 0.0533. The van der Waals surface area contributed by atoms with Crippen molar-refractivity contribution < 1.29 is 18.3 Å². The van der Waals surface area contributed by atoms with Crippen LogP contribution in [0, 0.1) is 0 Å². The number of hydrogen-bond acceptors (Lipinski definition) is 4. The summed E-state index contributed by atoms with van der Waals surface area (Å²) in [5.41, 5.74) is 2.42. The third-order valence-electron chi connectivity index (χ3n) is 3.35. The molecule has 8 heteroatoms. The molecule has 0 bridgehead atoms. The van der Waals surface area contributed by atoms with Crippen LogP contribution < -0.4 is 5.32 Å². The molecule has 23 heavy (non-hydrogen) atoms. The highest BCUT2D eigenvalue weighted by molar-refractivity contribution is 5.72. The molecule has 0 aliphatic carbocycles. The van der Waals surface area contributed by atoms with Gasteiger partial charge in [0.2, 0.25) is 0 Å². The Kier molecular flexibility index (Phi) is 3.91. The van der Waals surface area contributed by atoms with Crippen LogP contribution >= 0.6 is 0 Å². The highest BCUT2D eigenvalue weighted by Crippen LogP contribution is 2.27. The van der Waals surface area contributed by atoms with E-state index < -0.39 is 12.7 Å². The van der Waals surface area contributed by atoms with Crippen LogP contribution in [-0.2, 0) is 6.61 Å². The van der Waals surface area contributed by atoms with E-state index in [1.54, 1.807) is 28.9 Å². The number of aromatic nitrogens is 3. The first-order chi connectivity index (χ1) is 11.0. The number of rotatable bonds is 4. The second-order valence-corrected chi connectivity index (χ2v) is 4.90. The summed E-state index contributed by atoms with van der Waals surface area (Å²) in [6.45, 7) is -1.33. The van der Waals surface area contributed by atoms with Gasteiger partial charge in [-0.3, -0.25) is 4.40 Å². The van der Waals surface area contributed by atoms with Gasteiger partial charge in [-0.25, -0.2) is 9.97 Å². The lowest BCUT2D eigenvalue weighted by Crippen LogP contribution is -2.22. The fraction of sp³-hybridized carbons (Fsp3) is 0.200. The molecule has 0 fully saturated rings. The van der Waals surface area contributed by atoms with Crippen molar-refractivity contribution in [3.63, 3.8) is 0 Å². The number of aliphatic hydroxyl groups excluding tert-OH is 1. The zero-order valence-electron chi connectivity index (χ0n) is 11.9. The molecule has 0 amide bonds. The largest absolute Gasteiger partial charge is 0.405 e. The van der Waals surface area contributed by atoms with Gasteiger partial charge in [-0.05, 0) is 5.56 Å². The van der Waals surface area contributed by atoms with Gasteiger partial charge in [-0.2, -0.15) is 13.2 Å². The number of fused-ring (bicyclic) bond motifs is 1. The normalized spacial score (nSPS) is 11.8. The minimum Gasteiger partial charge on any atom is -0.392 e. The summed E-state index contributed by atoms with van der Waals surface area (Å²) in [5, 5.41) is 11.7. The maximum atomic E-state index is 12.4. The van der Waals surface area contributed by atoms with Crippen LogP contribution in [0.1, 0.15) is 5.56 Å². The van der Waals surface area contributed by atoms with Gasteiger partial charge >= 0.3 is 6.18 Å². The van der Waals surface area contributed by atoms with E-state index in [2.05, 4.69) is 15.3 Å². The predicted molar refractivity (Wildman–Crippen MR) is 78.9 cm³/mol. The van der Waals surface area contributed by atoms with Crippen LogP contribution in [0.3, 0.4) is 0 Å². The number of halogens is 3. The number of aliphatic hydroxyl groups is 1. The van der Waals surface area contributed by atoms with Crippen molar-refractivity contribution in [2.24, 2.45) is 0 Å². The fourth-order valence-electron chi connectivity index (χ4n) is 2.34. The van der Waals surface area contributed by atoms with Crippen LogP contribution in [0.5, 0.6) is 0 Å². The lowest BCUT2D eigenvalue weighted by Gasteiger charge is -2.10. The third-order valence-corrected chi connectivity index (χ3v) is 3.35. The molecule has 120 valence electrons. The number of alkyl halides is 3. The Morgan fingerprint density at radius 2 is 1.96 bits per heavy atom. The molecule has 5 nitrogen and oxygen atoms in total. The summed E-state index contributed by atoms with van der Waals surface area (Å²) >= 11 is 0. The molecule has 2 heterocycles. The standard InChI is InChI=1S/C15H13F3N4O/c16-15(17,18)9-21-13-14-20-7-12(22(14)6-5-19-13)11-4-2-1-3-10(11)8-23/h1-7,23H,8-9H2,(H,19,21). The van der Waals surface area contributed by atoms with Crippen LogP contribution in [0.4, 0.5) is 19.0 Å². The lowest BCUT2D eigenvalue weighted by atomic mass is 10.1. The number of benzene rings is 1. The molecule has 3 aromatic rings. The Bertz CT molecular complexity index is 829. The van der Waals surface area contributed by atoms with E-state index in [-0.39, 0.29) is 12.4 Å². The SMILES string of the molecule is OCc1ccccc1-c1cnc2c(NCC(F)(F)F)nccn12. The molecular weight excluding hydrogens is 309 g/mol. The second-order valence-electron chi connectivity index (χ2n) is 4.90. The molecular formula is C15H13F3N4O. The maximum Gasteiger partial charge on any atom is 0.405 e. The Morgan fingerprint density at radius 3 is 2.70 bits per heavy atom. The first-order valence-corrected chi connectivity index (χ1v) is 6.81. The average molecular weight is 322 g/mol. The van der Waals surface area contributed by atoms with Gasteiger partial charge in [0.1, 0.15) is 6.54 Å². The van der Waals surface area contributed by atoms with E-state index in [4.69, 9.17) is 0 Å². The molecule has 0 saturated carbocycles. The Morgan fingerprint density at radius 1 is 1.17 bits per heavy atom. The monoisotopic (exact) mass is 322 g/mol. The number of imidazole rings is 1. The quantitative estimate of drug-likeness (QED) is 0.775. The van der Waals surface area contributed by atoms with Gasteiger partial charge in [-0.15, -0.1) is 0 Å². The molecule has 0 atom stereocenters. The van der Waals surface area contributed by atoms with Crippen LogP contribution in [-0.4, -0.2) is 32.2 Å². The predicted octanol–water partition coefficient (Wildman–Crippen LogP) is 2.86. The highest BCUT2D eigenvalue weighted by Gasteiger charge is 2.27. The van der Waals surface area contributed by atoms with E-state index in [9.17, 15) is 18.3 Å². The summed E-state index contributed by atoms with van der Waals surface area (Å²) in [7, 11) is 0. The smallest absolute Gasteiger partial charge is 0.392 e.